The Bertz CT molecular complexity index is 1090. The second kappa shape index (κ2) is 16.5. The number of hydrogen-bond acceptors (Lipinski definition) is 7. The van der Waals surface area contributed by atoms with Crippen molar-refractivity contribution < 1.29 is 43.9 Å². The van der Waals surface area contributed by atoms with Crippen LogP contribution in [0.3, 0.4) is 0 Å². The lowest BCUT2D eigenvalue weighted by molar-refractivity contribution is -0.165. The molecule has 2 atom stereocenters. The summed E-state index contributed by atoms with van der Waals surface area (Å²) in [6, 6.07) is 14.3. The molecule has 2 aromatic rings. The van der Waals surface area contributed by atoms with E-state index >= 15 is 0 Å². The molecule has 1 heterocycles. The smallest absolute Gasteiger partial charge is 0.335 e. The highest BCUT2D eigenvalue weighted by Gasteiger charge is 2.29. The van der Waals surface area contributed by atoms with Crippen LogP contribution in [-0.2, 0) is 22.7 Å². The Morgan fingerprint density at radius 1 is 0.951 bits per heavy atom. The standard InChI is InChI=1S/C25H34FN3O2.C4H6O6/c1-19(2)18-31-24-10-6-20(7-11-24)16-27-25(30)29(23-12-14-28(3)15-13-23)17-21-4-8-22(26)9-5-21;5-1(3(7)8)2(6)4(9)10/h4-11,19,23H,12-18H2,1-3H3,(H,27,30);1-2,5-6H,(H,7,8)(H,9,10)/t;1-,2-/m.1/s1. The number of carbonyl (C=O) groups excluding carboxylic acids is 1. The van der Waals surface area contributed by atoms with Crippen molar-refractivity contribution in [3.05, 3.63) is 65.5 Å². The van der Waals surface area contributed by atoms with Gasteiger partial charge >= 0.3 is 18.0 Å². The number of piperidine rings is 1. The number of aliphatic hydroxyl groups is 2. The van der Waals surface area contributed by atoms with E-state index in [2.05, 4.69) is 31.1 Å². The van der Waals surface area contributed by atoms with E-state index in [1.807, 2.05) is 29.2 Å². The molecule has 226 valence electrons. The van der Waals surface area contributed by atoms with Gasteiger partial charge in [0.15, 0.2) is 12.2 Å². The molecule has 2 amide bonds. The fourth-order valence-corrected chi connectivity index (χ4v) is 3.98. The van der Waals surface area contributed by atoms with Gasteiger partial charge in [0.1, 0.15) is 11.6 Å². The summed E-state index contributed by atoms with van der Waals surface area (Å²) in [6.45, 7) is 7.78. The fraction of sp³-hybridized carbons (Fsp3) is 0.483. The Balaban J connectivity index is 0.000000503. The summed E-state index contributed by atoms with van der Waals surface area (Å²) in [4.78, 5) is 36.8. The number of nitrogens with zero attached hydrogens (tertiary/aromatic N) is 2. The predicted octanol–water partition coefficient (Wildman–Crippen LogP) is 2.54. The van der Waals surface area contributed by atoms with Crippen molar-refractivity contribution in [3.8, 4) is 5.75 Å². The highest BCUT2D eigenvalue weighted by atomic mass is 19.1. The minimum Gasteiger partial charge on any atom is -0.493 e. The van der Waals surface area contributed by atoms with Crippen LogP contribution < -0.4 is 10.1 Å². The van der Waals surface area contributed by atoms with Crippen LogP contribution in [0.4, 0.5) is 9.18 Å². The number of nitrogens with one attached hydrogen (secondary N) is 1. The van der Waals surface area contributed by atoms with Gasteiger partial charge in [-0.05, 0) is 74.3 Å². The first-order valence-corrected chi connectivity index (χ1v) is 13.4. The number of aliphatic carboxylic acids is 2. The second-order valence-electron chi connectivity index (χ2n) is 10.4. The van der Waals surface area contributed by atoms with Crippen LogP contribution in [0, 0.1) is 11.7 Å². The van der Waals surface area contributed by atoms with Gasteiger partial charge < -0.3 is 40.3 Å². The van der Waals surface area contributed by atoms with Gasteiger partial charge in [0, 0.05) is 19.1 Å². The number of ether oxygens (including phenoxy) is 1. The summed E-state index contributed by atoms with van der Waals surface area (Å²) in [5.74, 6) is -2.48. The van der Waals surface area contributed by atoms with Crippen LogP contribution >= 0.6 is 0 Å². The first-order valence-electron chi connectivity index (χ1n) is 13.4. The number of amides is 2. The molecule has 0 radical (unpaired) electrons. The maximum absolute atomic E-state index is 13.3. The lowest BCUT2D eigenvalue weighted by Crippen LogP contribution is -2.49. The normalized spacial score (nSPS) is 15.3. The predicted molar refractivity (Wildman–Crippen MR) is 149 cm³/mol. The molecule has 0 unspecified atom stereocenters. The monoisotopic (exact) mass is 577 g/mol. The molecule has 5 N–H and O–H groups in total. The maximum Gasteiger partial charge on any atom is 0.335 e. The van der Waals surface area contributed by atoms with Crippen molar-refractivity contribution >= 4 is 18.0 Å². The maximum atomic E-state index is 13.3. The summed E-state index contributed by atoms with van der Waals surface area (Å²) in [7, 11) is 2.11. The van der Waals surface area contributed by atoms with Crippen LogP contribution in [0.1, 0.15) is 37.8 Å². The minimum atomic E-state index is -2.27. The van der Waals surface area contributed by atoms with Crippen molar-refractivity contribution in [1.82, 2.24) is 15.1 Å². The van der Waals surface area contributed by atoms with Crippen LogP contribution in [0.5, 0.6) is 5.75 Å². The van der Waals surface area contributed by atoms with E-state index in [-0.39, 0.29) is 17.9 Å². The van der Waals surface area contributed by atoms with E-state index in [1.165, 1.54) is 12.1 Å². The highest BCUT2D eigenvalue weighted by molar-refractivity contribution is 5.83. The number of hydrogen-bond donors (Lipinski definition) is 5. The number of carbonyl (C=O) groups is 3. The van der Waals surface area contributed by atoms with Gasteiger partial charge in [-0.25, -0.2) is 18.8 Å². The molecular formula is C29H40FN3O8. The van der Waals surface area contributed by atoms with E-state index in [0.29, 0.717) is 25.6 Å². The lowest BCUT2D eigenvalue weighted by atomic mass is 10.0. The Morgan fingerprint density at radius 2 is 1.46 bits per heavy atom. The van der Waals surface area contributed by atoms with Crippen LogP contribution in [0.2, 0.25) is 0 Å². The molecule has 0 aromatic heterocycles. The average molecular weight is 578 g/mol. The average Bonchev–Trinajstić information content (AvgIpc) is 2.95. The molecule has 0 aliphatic carbocycles. The van der Waals surface area contributed by atoms with Crippen LogP contribution in [-0.4, -0.2) is 93.2 Å². The summed E-state index contributed by atoms with van der Waals surface area (Å²) in [6.07, 6.45) is -2.66. The zero-order valence-electron chi connectivity index (χ0n) is 23.6. The molecule has 3 rings (SSSR count). The summed E-state index contributed by atoms with van der Waals surface area (Å²) >= 11 is 0. The van der Waals surface area contributed by atoms with Crippen molar-refractivity contribution in [3.63, 3.8) is 0 Å². The molecule has 41 heavy (non-hydrogen) atoms. The number of halogens is 1. The van der Waals surface area contributed by atoms with Crippen LogP contribution in [0.15, 0.2) is 48.5 Å². The second-order valence-corrected chi connectivity index (χ2v) is 10.4. The first-order chi connectivity index (χ1) is 19.4. The number of urea groups is 1. The third-order valence-electron chi connectivity index (χ3n) is 6.41. The minimum absolute atomic E-state index is 0.0842. The Kier molecular flexibility index (Phi) is 13.5. The van der Waals surface area contributed by atoms with Gasteiger partial charge in [-0.2, -0.15) is 0 Å². The van der Waals surface area contributed by atoms with Crippen LogP contribution in [0.25, 0.3) is 0 Å². The molecule has 2 aromatic carbocycles. The molecule has 12 heteroatoms. The number of rotatable bonds is 11. The Labute approximate surface area is 239 Å². The molecule has 1 aliphatic rings. The van der Waals surface area contributed by atoms with Gasteiger partial charge in [-0.15, -0.1) is 0 Å². The van der Waals surface area contributed by atoms with Gasteiger partial charge in [0.2, 0.25) is 0 Å². The third-order valence-corrected chi connectivity index (χ3v) is 6.41. The summed E-state index contributed by atoms with van der Waals surface area (Å²) in [5.41, 5.74) is 1.96. The number of carboxylic acids is 2. The zero-order chi connectivity index (χ0) is 30.5. The molecule has 11 nitrogen and oxygen atoms in total. The number of likely N-dealkylation sites (tertiary alicyclic amines) is 1. The van der Waals surface area contributed by atoms with E-state index < -0.39 is 24.1 Å². The van der Waals surface area contributed by atoms with Crippen molar-refractivity contribution in [2.75, 3.05) is 26.7 Å². The Hall–Kier alpha value is -3.74. The SMILES string of the molecule is CC(C)COc1ccc(CNC(=O)N(Cc2ccc(F)cc2)C2CCN(C)CC2)cc1.O=C(O)[C@H](O)[C@@H](O)C(=O)O. The molecule has 1 saturated heterocycles. The topological polar surface area (TPSA) is 160 Å². The number of benzene rings is 2. The van der Waals surface area contributed by atoms with Crippen molar-refractivity contribution in [2.24, 2.45) is 5.92 Å². The number of aliphatic hydroxyl groups excluding tert-OH is 2. The molecule has 0 bridgehead atoms. The molecule has 0 spiro atoms. The van der Waals surface area contributed by atoms with Gasteiger partial charge in [0.05, 0.1) is 6.61 Å². The van der Waals surface area contributed by atoms with E-state index in [9.17, 15) is 18.8 Å². The van der Waals surface area contributed by atoms with Crippen molar-refractivity contribution in [2.45, 2.75) is 58.0 Å². The summed E-state index contributed by atoms with van der Waals surface area (Å²) < 4.78 is 19.0. The highest BCUT2D eigenvalue weighted by Crippen LogP contribution is 2.19. The Morgan fingerprint density at radius 3 is 1.95 bits per heavy atom. The van der Waals surface area contributed by atoms with Gasteiger partial charge in [0.25, 0.3) is 0 Å². The fourth-order valence-electron chi connectivity index (χ4n) is 3.98. The first kappa shape index (κ1) is 33.5. The van der Waals surface area contributed by atoms with Crippen molar-refractivity contribution in [1.29, 1.82) is 0 Å². The molecule has 0 saturated carbocycles. The zero-order valence-corrected chi connectivity index (χ0v) is 23.6. The third kappa shape index (κ3) is 11.7. The van der Waals surface area contributed by atoms with E-state index in [4.69, 9.17) is 25.2 Å². The lowest BCUT2D eigenvalue weighted by Gasteiger charge is -2.37. The largest absolute Gasteiger partial charge is 0.493 e. The van der Waals surface area contributed by atoms with Gasteiger partial charge in [-0.3, -0.25) is 0 Å². The van der Waals surface area contributed by atoms with Gasteiger partial charge in [-0.1, -0.05) is 38.1 Å². The van der Waals surface area contributed by atoms with E-state index in [1.54, 1.807) is 12.1 Å². The number of carboxylic acid groups (broad SMARTS) is 2. The quantitative estimate of drug-likeness (QED) is 0.270. The van der Waals surface area contributed by atoms with E-state index in [0.717, 1.165) is 42.8 Å². The molecular weight excluding hydrogens is 537 g/mol. The molecule has 1 aliphatic heterocycles. The molecule has 1 fully saturated rings. The summed E-state index contributed by atoms with van der Waals surface area (Å²) in [5, 5.41) is 35.6.